The Balaban J connectivity index is 1.13. The predicted molar refractivity (Wildman–Crippen MR) is 223 cm³/mol. The number of hydrogen-bond donors (Lipinski definition) is 0. The van der Waals surface area contributed by atoms with E-state index in [4.69, 9.17) is 19.4 Å². The molecule has 0 N–H and O–H groups in total. The Morgan fingerprint density at radius 3 is 1.80 bits per heavy atom. The molecule has 0 amide bonds. The normalized spacial score (nSPS) is 11.3. The summed E-state index contributed by atoms with van der Waals surface area (Å²) in [4.78, 5) is 19.6. The van der Waals surface area contributed by atoms with E-state index in [0.717, 1.165) is 72.6 Å². The van der Waals surface area contributed by atoms with Gasteiger partial charge in [-0.05, 0) is 80.6 Å². The summed E-state index contributed by atoms with van der Waals surface area (Å²) in [5.74, 6) is 1.18. The lowest BCUT2D eigenvalue weighted by Gasteiger charge is -2.18. The van der Waals surface area contributed by atoms with Gasteiger partial charge in [-0.25, -0.2) is 15.0 Å². The first-order chi connectivity index (χ1) is 27.2. The summed E-state index contributed by atoms with van der Waals surface area (Å²) in [5, 5.41) is 2.34. The molecule has 0 aliphatic heterocycles. The molecule has 55 heavy (non-hydrogen) atoms. The number of nitrogens with zero attached hydrogens (tertiary/aromatic N) is 4. The third kappa shape index (κ3) is 6.14. The molecular formula is C50H32N4O. The maximum Gasteiger partial charge on any atom is 0.246 e. The Labute approximate surface area is 318 Å². The molecule has 0 fully saturated rings. The van der Waals surface area contributed by atoms with E-state index in [2.05, 4.69) is 132 Å². The SMILES string of the molecule is c1ccc(-c2cc(-c3ccccc3)nc(-c3ccccc3-c3ccc4ccccc4c3-c3cccc(-c4ccc5nc(-c6ccccn6)oc5c4)c3)n2)cc1. The maximum atomic E-state index is 6.21. The number of benzene rings is 7. The van der Waals surface area contributed by atoms with E-state index in [1.807, 2.05) is 60.7 Å². The van der Waals surface area contributed by atoms with Crippen LogP contribution >= 0.6 is 0 Å². The predicted octanol–water partition coefficient (Wildman–Crippen LogP) is 12.8. The van der Waals surface area contributed by atoms with E-state index in [0.29, 0.717) is 17.4 Å². The first kappa shape index (κ1) is 32.2. The number of pyridine rings is 1. The first-order valence-corrected chi connectivity index (χ1v) is 18.3. The zero-order valence-electron chi connectivity index (χ0n) is 29.7. The molecule has 3 heterocycles. The second-order valence-corrected chi connectivity index (χ2v) is 13.4. The monoisotopic (exact) mass is 704 g/mol. The van der Waals surface area contributed by atoms with Gasteiger partial charge >= 0.3 is 0 Å². The second kappa shape index (κ2) is 13.8. The molecule has 5 heteroatoms. The molecule has 7 aromatic carbocycles. The largest absolute Gasteiger partial charge is 0.435 e. The maximum absolute atomic E-state index is 6.21. The molecule has 3 aromatic heterocycles. The van der Waals surface area contributed by atoms with E-state index in [1.165, 1.54) is 10.8 Å². The van der Waals surface area contributed by atoms with Gasteiger partial charge in [0.25, 0.3) is 0 Å². The summed E-state index contributed by atoms with van der Waals surface area (Å²) in [6, 6.07) is 64.9. The van der Waals surface area contributed by atoms with Crippen LogP contribution in [-0.2, 0) is 0 Å². The van der Waals surface area contributed by atoms with Crippen molar-refractivity contribution in [3.05, 3.63) is 194 Å². The van der Waals surface area contributed by atoms with Gasteiger partial charge in [-0.2, -0.15) is 0 Å². The lowest BCUT2D eigenvalue weighted by Crippen LogP contribution is -1.98. The van der Waals surface area contributed by atoms with Crippen molar-refractivity contribution in [1.82, 2.24) is 19.9 Å². The zero-order valence-corrected chi connectivity index (χ0v) is 29.7. The lowest BCUT2D eigenvalue weighted by molar-refractivity contribution is 0.617. The van der Waals surface area contributed by atoms with Crippen molar-refractivity contribution in [3.63, 3.8) is 0 Å². The highest BCUT2D eigenvalue weighted by Crippen LogP contribution is 2.43. The molecule has 10 rings (SSSR count). The van der Waals surface area contributed by atoms with Crippen LogP contribution in [0.25, 0.3) is 101 Å². The number of hydrogen-bond acceptors (Lipinski definition) is 5. The highest BCUT2D eigenvalue weighted by atomic mass is 16.3. The first-order valence-electron chi connectivity index (χ1n) is 18.3. The van der Waals surface area contributed by atoms with Crippen molar-refractivity contribution in [2.45, 2.75) is 0 Å². The molecule has 0 bridgehead atoms. The molecule has 0 unspecified atom stereocenters. The Morgan fingerprint density at radius 1 is 0.382 bits per heavy atom. The van der Waals surface area contributed by atoms with Crippen molar-refractivity contribution >= 4 is 21.9 Å². The molecule has 0 saturated carbocycles. The molecular weight excluding hydrogens is 673 g/mol. The van der Waals surface area contributed by atoms with E-state index >= 15 is 0 Å². The van der Waals surface area contributed by atoms with Gasteiger partial charge in [-0.3, -0.25) is 4.98 Å². The van der Waals surface area contributed by atoms with Gasteiger partial charge < -0.3 is 4.42 Å². The van der Waals surface area contributed by atoms with Crippen molar-refractivity contribution in [1.29, 1.82) is 0 Å². The molecule has 0 saturated heterocycles. The van der Waals surface area contributed by atoms with E-state index < -0.39 is 0 Å². The summed E-state index contributed by atoms with van der Waals surface area (Å²) >= 11 is 0. The van der Waals surface area contributed by atoms with E-state index in [-0.39, 0.29) is 0 Å². The molecule has 258 valence electrons. The van der Waals surface area contributed by atoms with Crippen LogP contribution < -0.4 is 0 Å². The van der Waals surface area contributed by atoms with Gasteiger partial charge in [-0.15, -0.1) is 0 Å². The second-order valence-electron chi connectivity index (χ2n) is 13.4. The van der Waals surface area contributed by atoms with Crippen LogP contribution in [0.3, 0.4) is 0 Å². The zero-order chi connectivity index (χ0) is 36.6. The average Bonchev–Trinajstić information content (AvgIpc) is 3.71. The highest BCUT2D eigenvalue weighted by Gasteiger charge is 2.19. The summed E-state index contributed by atoms with van der Waals surface area (Å²) in [6.07, 6.45) is 1.75. The van der Waals surface area contributed by atoms with Crippen molar-refractivity contribution in [3.8, 4) is 78.9 Å². The minimum absolute atomic E-state index is 0.509. The van der Waals surface area contributed by atoms with Crippen LogP contribution in [-0.4, -0.2) is 19.9 Å². The van der Waals surface area contributed by atoms with Crippen molar-refractivity contribution in [2.75, 3.05) is 0 Å². The minimum atomic E-state index is 0.509. The standard InChI is InChI=1S/C50H32N4O/c1-3-15-34(16-4-1)45-32-46(35-17-5-2-6-18-35)53-49(52-45)42-23-10-9-22-40(42)41-27-25-33-14-7-8-21-39(33)48(41)38-20-13-19-36(30-38)37-26-28-43-47(31-37)55-50(54-43)44-24-11-12-29-51-44/h1-32H. The average molecular weight is 705 g/mol. The van der Waals surface area contributed by atoms with Gasteiger partial charge in [0, 0.05) is 22.9 Å². The third-order valence-electron chi connectivity index (χ3n) is 10.0. The van der Waals surface area contributed by atoms with Gasteiger partial charge in [0.15, 0.2) is 11.4 Å². The Hall–Kier alpha value is -7.50. The van der Waals surface area contributed by atoms with Gasteiger partial charge in [0.1, 0.15) is 11.2 Å². The summed E-state index contributed by atoms with van der Waals surface area (Å²) < 4.78 is 6.21. The molecule has 0 radical (unpaired) electrons. The molecule has 0 aliphatic rings. The smallest absolute Gasteiger partial charge is 0.246 e. The topological polar surface area (TPSA) is 64.7 Å². The van der Waals surface area contributed by atoms with Gasteiger partial charge in [-0.1, -0.05) is 152 Å². The molecule has 10 aromatic rings. The Bertz CT molecular complexity index is 2920. The summed E-state index contributed by atoms with van der Waals surface area (Å²) in [6.45, 7) is 0. The fourth-order valence-corrected chi connectivity index (χ4v) is 7.36. The van der Waals surface area contributed by atoms with Crippen LogP contribution in [0, 0.1) is 0 Å². The van der Waals surface area contributed by atoms with Crippen molar-refractivity contribution in [2.24, 2.45) is 0 Å². The third-order valence-corrected chi connectivity index (χ3v) is 10.0. The van der Waals surface area contributed by atoms with Crippen LogP contribution in [0.15, 0.2) is 199 Å². The van der Waals surface area contributed by atoms with E-state index in [1.54, 1.807) is 6.20 Å². The fourth-order valence-electron chi connectivity index (χ4n) is 7.36. The number of rotatable bonds is 7. The molecule has 0 atom stereocenters. The Morgan fingerprint density at radius 2 is 1.04 bits per heavy atom. The van der Waals surface area contributed by atoms with Crippen LogP contribution in [0.2, 0.25) is 0 Å². The van der Waals surface area contributed by atoms with Crippen LogP contribution in [0.1, 0.15) is 0 Å². The number of aromatic nitrogens is 4. The molecule has 0 spiro atoms. The number of oxazole rings is 1. The molecule has 5 nitrogen and oxygen atoms in total. The molecule has 0 aliphatic carbocycles. The fraction of sp³-hybridized carbons (Fsp3) is 0. The van der Waals surface area contributed by atoms with Gasteiger partial charge in [0.05, 0.1) is 11.4 Å². The number of fused-ring (bicyclic) bond motifs is 2. The van der Waals surface area contributed by atoms with Gasteiger partial charge in [0.2, 0.25) is 5.89 Å². The van der Waals surface area contributed by atoms with Crippen molar-refractivity contribution < 1.29 is 4.42 Å². The quantitative estimate of drug-likeness (QED) is 0.165. The lowest BCUT2D eigenvalue weighted by atomic mass is 9.87. The van der Waals surface area contributed by atoms with Crippen LogP contribution in [0.4, 0.5) is 0 Å². The summed E-state index contributed by atoms with van der Waals surface area (Å²) in [7, 11) is 0. The minimum Gasteiger partial charge on any atom is -0.435 e. The highest BCUT2D eigenvalue weighted by molar-refractivity contribution is 6.06. The van der Waals surface area contributed by atoms with E-state index in [9.17, 15) is 0 Å². The Kier molecular flexibility index (Phi) is 8.08. The van der Waals surface area contributed by atoms with Crippen LogP contribution in [0.5, 0.6) is 0 Å². The summed E-state index contributed by atoms with van der Waals surface area (Å²) in [5.41, 5.74) is 13.6.